The van der Waals surface area contributed by atoms with Gasteiger partial charge in [0.1, 0.15) is 11.9 Å². The van der Waals surface area contributed by atoms with Crippen molar-refractivity contribution in [3.63, 3.8) is 0 Å². The Labute approximate surface area is 153 Å². The number of benzene rings is 2. The third-order valence-corrected chi connectivity index (χ3v) is 4.28. The molecule has 0 bridgehead atoms. The molecule has 0 aliphatic carbocycles. The van der Waals surface area contributed by atoms with E-state index in [0.717, 1.165) is 6.07 Å². The number of hydrogen-bond donors (Lipinski definition) is 0. The second-order valence-electron chi connectivity index (χ2n) is 5.86. The van der Waals surface area contributed by atoms with E-state index in [1.54, 1.807) is 12.1 Å². The van der Waals surface area contributed by atoms with Gasteiger partial charge < -0.3 is 4.84 Å². The van der Waals surface area contributed by atoms with Gasteiger partial charge in [-0.05, 0) is 38.4 Å². The average molecular weight is 377 g/mol. The van der Waals surface area contributed by atoms with E-state index >= 15 is 0 Å². The van der Waals surface area contributed by atoms with Crippen LogP contribution >= 0.6 is 11.6 Å². The van der Waals surface area contributed by atoms with Gasteiger partial charge in [-0.25, -0.2) is 9.18 Å². The highest BCUT2D eigenvalue weighted by Gasteiger charge is 2.41. The van der Waals surface area contributed by atoms with Crippen molar-refractivity contribution < 1.29 is 23.6 Å². The molecule has 8 heteroatoms. The summed E-state index contributed by atoms with van der Waals surface area (Å²) in [5.74, 6) is -3.21. The fourth-order valence-corrected chi connectivity index (χ4v) is 3.02. The molecule has 1 heterocycles. The highest BCUT2D eigenvalue weighted by atomic mass is 35.5. The van der Waals surface area contributed by atoms with Crippen molar-refractivity contribution in [2.45, 2.75) is 6.04 Å². The predicted octanol–water partition coefficient (Wildman–Crippen LogP) is 2.84. The van der Waals surface area contributed by atoms with Gasteiger partial charge in [0.05, 0.1) is 11.1 Å². The lowest BCUT2D eigenvalue weighted by Crippen LogP contribution is -2.38. The highest BCUT2D eigenvalue weighted by Crippen LogP contribution is 2.31. The number of halogens is 2. The number of likely N-dealkylation sites (N-methyl/N-ethyl adjacent to an activating group) is 1. The number of carbonyl (C=O) groups excluding carboxylic acids is 3. The molecule has 0 fully saturated rings. The first-order valence-corrected chi connectivity index (χ1v) is 8.00. The Hall–Kier alpha value is -2.77. The van der Waals surface area contributed by atoms with E-state index < -0.39 is 29.6 Å². The molecular weight excluding hydrogens is 363 g/mol. The summed E-state index contributed by atoms with van der Waals surface area (Å²) in [6.07, 6.45) is 0. The minimum Gasteiger partial charge on any atom is -0.328 e. The first kappa shape index (κ1) is 18.0. The number of hydrogen-bond acceptors (Lipinski definition) is 5. The fourth-order valence-electron chi connectivity index (χ4n) is 2.75. The molecular formula is C18H14ClFN2O4. The Kier molecular flexibility index (Phi) is 4.76. The molecule has 1 atom stereocenters. The molecule has 0 radical (unpaired) electrons. The molecule has 1 aliphatic rings. The van der Waals surface area contributed by atoms with Crippen LogP contribution in [0.25, 0.3) is 0 Å². The van der Waals surface area contributed by atoms with Crippen LogP contribution in [0.3, 0.4) is 0 Å². The third kappa shape index (κ3) is 2.95. The van der Waals surface area contributed by atoms with Crippen molar-refractivity contribution in [3.05, 3.63) is 70.0 Å². The third-order valence-electron chi connectivity index (χ3n) is 3.95. The van der Waals surface area contributed by atoms with Gasteiger partial charge in [-0.3, -0.25) is 14.5 Å². The molecule has 6 nitrogen and oxygen atoms in total. The van der Waals surface area contributed by atoms with E-state index in [1.165, 1.54) is 43.3 Å². The van der Waals surface area contributed by atoms with E-state index in [2.05, 4.69) is 0 Å². The molecule has 2 amide bonds. The Morgan fingerprint density at radius 3 is 2.15 bits per heavy atom. The topological polar surface area (TPSA) is 66.9 Å². The maximum atomic E-state index is 14.2. The summed E-state index contributed by atoms with van der Waals surface area (Å²) < 4.78 is 14.2. The smallest absolute Gasteiger partial charge is 0.328 e. The normalized spacial score (nSPS) is 14.6. The van der Waals surface area contributed by atoms with Gasteiger partial charge in [-0.15, -0.1) is 0 Å². The Morgan fingerprint density at radius 1 is 1.08 bits per heavy atom. The first-order valence-electron chi connectivity index (χ1n) is 7.63. The number of amides is 2. The number of imide groups is 1. The monoisotopic (exact) mass is 376 g/mol. The maximum Gasteiger partial charge on any atom is 0.354 e. The number of rotatable bonds is 4. The molecule has 2 aromatic carbocycles. The summed E-state index contributed by atoms with van der Waals surface area (Å²) in [6, 6.07) is 8.87. The minimum atomic E-state index is -1.24. The lowest BCUT2D eigenvalue weighted by atomic mass is 10.1. The summed E-state index contributed by atoms with van der Waals surface area (Å²) in [5.41, 5.74) is 0.173. The molecule has 134 valence electrons. The molecule has 1 aliphatic heterocycles. The van der Waals surface area contributed by atoms with Crippen LogP contribution < -0.4 is 0 Å². The van der Waals surface area contributed by atoms with E-state index in [0.29, 0.717) is 5.06 Å². The fraction of sp³-hybridized carbons (Fsp3) is 0.167. The zero-order valence-corrected chi connectivity index (χ0v) is 14.7. The van der Waals surface area contributed by atoms with Gasteiger partial charge in [0.25, 0.3) is 11.8 Å². The summed E-state index contributed by atoms with van der Waals surface area (Å²) in [4.78, 5) is 43.7. The Balaban J connectivity index is 1.91. The lowest BCUT2D eigenvalue weighted by molar-refractivity contribution is -0.174. The van der Waals surface area contributed by atoms with Gasteiger partial charge in [-0.1, -0.05) is 34.9 Å². The molecule has 0 saturated heterocycles. The Bertz CT molecular complexity index is 861. The highest BCUT2D eigenvalue weighted by molar-refractivity contribution is 6.31. The molecule has 2 aromatic rings. The molecule has 0 spiro atoms. The largest absolute Gasteiger partial charge is 0.354 e. The molecule has 26 heavy (non-hydrogen) atoms. The number of carbonyl (C=O) groups is 3. The van der Waals surface area contributed by atoms with E-state index in [1.807, 2.05) is 0 Å². The quantitative estimate of drug-likeness (QED) is 0.768. The average Bonchev–Trinajstić information content (AvgIpc) is 2.83. The summed E-state index contributed by atoms with van der Waals surface area (Å²) in [5, 5.41) is 0.418. The molecule has 1 unspecified atom stereocenters. The van der Waals surface area contributed by atoms with Gasteiger partial charge in [0.2, 0.25) is 0 Å². The van der Waals surface area contributed by atoms with Crippen molar-refractivity contribution in [3.8, 4) is 0 Å². The van der Waals surface area contributed by atoms with Gasteiger partial charge >= 0.3 is 5.97 Å². The van der Waals surface area contributed by atoms with Gasteiger partial charge in [-0.2, -0.15) is 0 Å². The van der Waals surface area contributed by atoms with Crippen LogP contribution in [0.15, 0.2) is 42.5 Å². The predicted molar refractivity (Wildman–Crippen MR) is 90.9 cm³/mol. The first-order chi connectivity index (χ1) is 12.3. The van der Waals surface area contributed by atoms with Crippen molar-refractivity contribution in [2.75, 3.05) is 14.1 Å². The molecule has 3 rings (SSSR count). The van der Waals surface area contributed by atoms with Crippen LogP contribution in [0.2, 0.25) is 5.02 Å². The standard InChI is InChI=1S/C18H14ClFN2O4/c1-21(2)15(14-12(19)8-5-9-13(14)20)18(25)26-22-16(23)10-6-3-4-7-11(10)17(22)24/h3-9,15H,1-2H3. The summed E-state index contributed by atoms with van der Waals surface area (Å²) >= 11 is 6.04. The van der Waals surface area contributed by atoms with Crippen molar-refractivity contribution in [1.29, 1.82) is 0 Å². The van der Waals surface area contributed by atoms with Crippen LogP contribution in [0.1, 0.15) is 32.3 Å². The van der Waals surface area contributed by atoms with E-state index in [4.69, 9.17) is 16.4 Å². The Morgan fingerprint density at radius 2 is 1.65 bits per heavy atom. The minimum absolute atomic E-state index is 0.0306. The van der Waals surface area contributed by atoms with Crippen molar-refractivity contribution in [2.24, 2.45) is 0 Å². The molecule has 0 saturated carbocycles. The number of nitrogens with zero attached hydrogens (tertiary/aromatic N) is 2. The zero-order chi connectivity index (χ0) is 19.0. The second kappa shape index (κ2) is 6.86. The van der Waals surface area contributed by atoms with E-state index in [9.17, 15) is 18.8 Å². The number of hydroxylamine groups is 2. The van der Waals surface area contributed by atoms with Gasteiger partial charge in [0.15, 0.2) is 0 Å². The molecule has 0 aromatic heterocycles. The van der Waals surface area contributed by atoms with Crippen LogP contribution in [0, 0.1) is 5.82 Å². The zero-order valence-electron chi connectivity index (χ0n) is 13.9. The second-order valence-corrected chi connectivity index (χ2v) is 6.27. The van der Waals surface area contributed by atoms with Crippen LogP contribution in [-0.2, 0) is 9.63 Å². The maximum absolute atomic E-state index is 14.2. The number of fused-ring (bicyclic) bond motifs is 1. The lowest BCUT2D eigenvalue weighted by Gasteiger charge is -2.25. The van der Waals surface area contributed by atoms with Crippen molar-refractivity contribution >= 4 is 29.4 Å². The van der Waals surface area contributed by atoms with Crippen LogP contribution in [-0.4, -0.2) is 41.8 Å². The van der Waals surface area contributed by atoms with Crippen LogP contribution in [0.4, 0.5) is 4.39 Å². The SMILES string of the molecule is CN(C)C(C(=O)ON1C(=O)c2ccccc2C1=O)c1c(F)cccc1Cl. The summed E-state index contributed by atoms with van der Waals surface area (Å²) in [6.45, 7) is 0. The summed E-state index contributed by atoms with van der Waals surface area (Å²) in [7, 11) is 3.05. The van der Waals surface area contributed by atoms with E-state index in [-0.39, 0.29) is 21.7 Å². The van der Waals surface area contributed by atoms with Crippen molar-refractivity contribution in [1.82, 2.24) is 9.96 Å². The molecule has 0 N–H and O–H groups in total. The van der Waals surface area contributed by atoms with Gasteiger partial charge in [0, 0.05) is 10.6 Å². The van der Waals surface area contributed by atoms with Crippen LogP contribution in [0.5, 0.6) is 0 Å².